The van der Waals surface area contributed by atoms with Crippen molar-refractivity contribution < 1.29 is 4.42 Å². The summed E-state index contributed by atoms with van der Waals surface area (Å²) in [6.07, 6.45) is 5.69. The van der Waals surface area contributed by atoms with Crippen LogP contribution in [0.4, 0.5) is 0 Å². The van der Waals surface area contributed by atoms with Crippen LogP contribution in [0.5, 0.6) is 0 Å². The van der Waals surface area contributed by atoms with Crippen LogP contribution in [0.25, 0.3) is 17.0 Å². The average Bonchev–Trinajstić information content (AvgIpc) is 2.31. The molecule has 1 aromatic carbocycles. The Morgan fingerprint density at radius 3 is 3.06 bits per heavy atom. The highest BCUT2D eigenvalue weighted by Crippen LogP contribution is 2.21. The van der Waals surface area contributed by atoms with Crippen LogP contribution >= 0.6 is 0 Å². The Morgan fingerprint density at radius 2 is 2.19 bits per heavy atom. The van der Waals surface area contributed by atoms with E-state index in [1.165, 1.54) is 0 Å². The fourth-order valence-corrected chi connectivity index (χ4v) is 2.14. The molecule has 3 rings (SSSR count). The van der Waals surface area contributed by atoms with Gasteiger partial charge in [0, 0.05) is 6.42 Å². The number of benzene rings is 1. The Labute approximate surface area is 93.2 Å². The molecule has 80 valence electrons. The molecule has 2 aromatic rings. The van der Waals surface area contributed by atoms with Gasteiger partial charge in [0.1, 0.15) is 11.3 Å². The fourth-order valence-electron chi connectivity index (χ4n) is 2.14. The van der Waals surface area contributed by atoms with Gasteiger partial charge in [0.05, 0.1) is 10.9 Å². The van der Waals surface area contributed by atoms with Gasteiger partial charge in [0.2, 0.25) is 0 Å². The van der Waals surface area contributed by atoms with Gasteiger partial charge in [-0.25, -0.2) is 0 Å². The Hall–Kier alpha value is -1.83. The molecule has 0 atom stereocenters. The monoisotopic (exact) mass is 212 g/mol. The van der Waals surface area contributed by atoms with Gasteiger partial charge < -0.3 is 4.42 Å². The van der Waals surface area contributed by atoms with Gasteiger partial charge in [0.15, 0.2) is 5.43 Å². The molecule has 0 aliphatic heterocycles. The zero-order valence-electron chi connectivity index (χ0n) is 9.12. The summed E-state index contributed by atoms with van der Waals surface area (Å²) < 4.78 is 5.77. The van der Waals surface area contributed by atoms with Crippen LogP contribution < -0.4 is 5.43 Å². The molecule has 0 unspecified atom stereocenters. The molecule has 0 saturated carbocycles. The summed E-state index contributed by atoms with van der Waals surface area (Å²) in [5, 5.41) is 0.685. The summed E-state index contributed by atoms with van der Waals surface area (Å²) in [6.45, 7) is 1.98. The molecule has 1 aliphatic rings. The predicted octanol–water partition coefficient (Wildman–Crippen LogP) is 3.06. The number of rotatable bonds is 0. The highest BCUT2D eigenvalue weighted by atomic mass is 16.3. The first-order valence-corrected chi connectivity index (χ1v) is 5.48. The smallest absolute Gasteiger partial charge is 0.200 e. The highest BCUT2D eigenvalue weighted by molar-refractivity contribution is 5.80. The highest BCUT2D eigenvalue weighted by Gasteiger charge is 2.14. The molecule has 1 heterocycles. The Balaban J connectivity index is 2.46. The molecule has 0 bridgehead atoms. The predicted molar refractivity (Wildman–Crippen MR) is 64.6 cm³/mol. The van der Waals surface area contributed by atoms with E-state index in [1.54, 1.807) is 0 Å². The van der Waals surface area contributed by atoms with Gasteiger partial charge in [0.25, 0.3) is 0 Å². The maximum absolute atomic E-state index is 12.2. The van der Waals surface area contributed by atoms with Crippen molar-refractivity contribution in [3.05, 3.63) is 51.4 Å². The van der Waals surface area contributed by atoms with Crippen molar-refractivity contribution in [1.82, 2.24) is 0 Å². The first kappa shape index (κ1) is 9.40. The van der Waals surface area contributed by atoms with E-state index in [1.807, 2.05) is 37.3 Å². The van der Waals surface area contributed by atoms with E-state index in [0.717, 1.165) is 29.7 Å². The standard InChI is InChI=1S/C14H12O2/c1-9-6-7-13-11(8-9)14(15)10-4-2-3-5-12(10)16-13/h2,4,6-8H,3,5H2,1H3. The molecule has 0 amide bonds. The maximum atomic E-state index is 12.2. The van der Waals surface area contributed by atoms with E-state index >= 15 is 0 Å². The molecule has 0 fully saturated rings. The SMILES string of the molecule is Cc1ccc2oc3c(c(=O)c2c1)C=CCC3. The topological polar surface area (TPSA) is 30.2 Å². The van der Waals surface area contributed by atoms with E-state index < -0.39 is 0 Å². The van der Waals surface area contributed by atoms with Gasteiger partial charge in [-0.3, -0.25) is 4.79 Å². The minimum atomic E-state index is 0.0934. The van der Waals surface area contributed by atoms with Crippen molar-refractivity contribution >= 4 is 17.0 Å². The zero-order valence-corrected chi connectivity index (χ0v) is 9.12. The van der Waals surface area contributed by atoms with Crippen molar-refractivity contribution in [3.63, 3.8) is 0 Å². The second-order valence-corrected chi connectivity index (χ2v) is 4.21. The lowest BCUT2D eigenvalue weighted by Crippen LogP contribution is -2.11. The summed E-state index contributed by atoms with van der Waals surface area (Å²) >= 11 is 0. The molecule has 1 aromatic heterocycles. The van der Waals surface area contributed by atoms with Crippen LogP contribution in [-0.2, 0) is 6.42 Å². The van der Waals surface area contributed by atoms with Crippen molar-refractivity contribution in [1.29, 1.82) is 0 Å². The minimum Gasteiger partial charge on any atom is -0.460 e. The van der Waals surface area contributed by atoms with E-state index in [0.29, 0.717) is 11.0 Å². The van der Waals surface area contributed by atoms with Gasteiger partial charge >= 0.3 is 0 Å². The summed E-state index contributed by atoms with van der Waals surface area (Å²) in [5.41, 5.74) is 2.60. The second kappa shape index (κ2) is 3.34. The Morgan fingerprint density at radius 1 is 1.31 bits per heavy atom. The van der Waals surface area contributed by atoms with Gasteiger partial charge in [-0.2, -0.15) is 0 Å². The molecular formula is C14H12O2. The molecule has 0 spiro atoms. The van der Waals surface area contributed by atoms with E-state index in [9.17, 15) is 4.79 Å². The normalized spacial score (nSPS) is 14.1. The van der Waals surface area contributed by atoms with Gasteiger partial charge in [-0.1, -0.05) is 23.8 Å². The first-order valence-electron chi connectivity index (χ1n) is 5.48. The first-order chi connectivity index (χ1) is 7.75. The summed E-state index contributed by atoms with van der Waals surface area (Å²) in [5.74, 6) is 0.823. The van der Waals surface area contributed by atoms with E-state index in [4.69, 9.17) is 4.42 Å². The third-order valence-electron chi connectivity index (χ3n) is 2.98. The number of aryl methyl sites for hydroxylation is 2. The fraction of sp³-hybridized carbons (Fsp3) is 0.214. The molecule has 0 N–H and O–H groups in total. The molecule has 16 heavy (non-hydrogen) atoms. The molecule has 1 aliphatic carbocycles. The van der Waals surface area contributed by atoms with Crippen LogP contribution in [0.1, 0.15) is 23.3 Å². The summed E-state index contributed by atoms with van der Waals surface area (Å²) in [4.78, 5) is 12.2. The van der Waals surface area contributed by atoms with Crippen LogP contribution in [-0.4, -0.2) is 0 Å². The summed E-state index contributed by atoms with van der Waals surface area (Å²) in [6, 6.07) is 5.74. The third kappa shape index (κ3) is 1.30. The largest absolute Gasteiger partial charge is 0.460 e. The van der Waals surface area contributed by atoms with Gasteiger partial charge in [-0.15, -0.1) is 0 Å². The minimum absolute atomic E-state index is 0.0934. The van der Waals surface area contributed by atoms with Crippen LogP contribution in [0.2, 0.25) is 0 Å². The Kier molecular flexibility index (Phi) is 1.96. The van der Waals surface area contributed by atoms with E-state index in [-0.39, 0.29) is 5.43 Å². The zero-order chi connectivity index (χ0) is 11.1. The quantitative estimate of drug-likeness (QED) is 0.671. The molecule has 0 radical (unpaired) electrons. The number of allylic oxidation sites excluding steroid dienone is 1. The lowest BCUT2D eigenvalue weighted by Gasteiger charge is -2.09. The lowest BCUT2D eigenvalue weighted by atomic mass is 10.0. The second-order valence-electron chi connectivity index (χ2n) is 4.21. The summed E-state index contributed by atoms with van der Waals surface area (Å²) in [7, 11) is 0. The van der Waals surface area contributed by atoms with Crippen molar-refractivity contribution in [3.8, 4) is 0 Å². The maximum Gasteiger partial charge on any atom is 0.200 e. The number of fused-ring (bicyclic) bond motifs is 2. The molecule has 2 nitrogen and oxygen atoms in total. The number of hydrogen-bond donors (Lipinski definition) is 0. The van der Waals surface area contributed by atoms with E-state index in [2.05, 4.69) is 0 Å². The molecular weight excluding hydrogens is 200 g/mol. The Bertz CT molecular complexity index is 648. The van der Waals surface area contributed by atoms with Crippen LogP contribution in [0.15, 0.2) is 33.5 Å². The van der Waals surface area contributed by atoms with Crippen molar-refractivity contribution in [2.45, 2.75) is 19.8 Å². The lowest BCUT2D eigenvalue weighted by molar-refractivity contribution is 0.531. The van der Waals surface area contributed by atoms with Gasteiger partial charge in [-0.05, 0) is 25.5 Å². The third-order valence-corrected chi connectivity index (χ3v) is 2.98. The van der Waals surface area contributed by atoms with Crippen LogP contribution in [0.3, 0.4) is 0 Å². The average molecular weight is 212 g/mol. The van der Waals surface area contributed by atoms with Crippen molar-refractivity contribution in [2.75, 3.05) is 0 Å². The van der Waals surface area contributed by atoms with Crippen LogP contribution in [0, 0.1) is 6.92 Å². The van der Waals surface area contributed by atoms with Crippen molar-refractivity contribution in [2.24, 2.45) is 0 Å². The molecule has 2 heteroatoms. The number of hydrogen-bond acceptors (Lipinski definition) is 2. The molecule has 0 saturated heterocycles.